The van der Waals surface area contributed by atoms with Gasteiger partial charge in [-0.3, -0.25) is 4.79 Å². The quantitative estimate of drug-likeness (QED) is 0.613. The lowest BCUT2D eigenvalue weighted by atomic mass is 10.0. The maximum Gasteiger partial charge on any atom is 0.376 e. The number of hydrogen-bond acceptors (Lipinski definition) is 5. The van der Waals surface area contributed by atoms with Crippen LogP contribution in [0.25, 0.3) is 0 Å². The van der Waals surface area contributed by atoms with Gasteiger partial charge in [0.1, 0.15) is 6.04 Å². The van der Waals surface area contributed by atoms with Crippen LogP contribution in [0.15, 0.2) is 53.4 Å². The Morgan fingerprint density at radius 1 is 1.04 bits per heavy atom. The topological polar surface area (TPSA) is 89.5 Å². The molecule has 0 bridgehead atoms. The van der Waals surface area contributed by atoms with Gasteiger partial charge >= 0.3 is 5.97 Å². The minimum atomic E-state index is -4.03. The number of halogens is 1. The zero-order chi connectivity index (χ0) is 18.6. The Balaban J connectivity index is 2.41. The molecule has 0 saturated carbocycles. The molecule has 0 aromatic heterocycles. The van der Waals surface area contributed by atoms with E-state index in [1.54, 1.807) is 12.1 Å². The summed E-state index contributed by atoms with van der Waals surface area (Å²) in [5.74, 6) is -2.17. The minimum Gasteiger partial charge on any atom is -0.463 e. The predicted molar refractivity (Wildman–Crippen MR) is 92.7 cm³/mol. The van der Waals surface area contributed by atoms with Crippen molar-refractivity contribution in [3.63, 3.8) is 0 Å². The van der Waals surface area contributed by atoms with E-state index in [9.17, 15) is 18.0 Å². The van der Waals surface area contributed by atoms with Crippen molar-refractivity contribution in [2.75, 3.05) is 7.11 Å². The molecule has 0 aliphatic heterocycles. The molecule has 0 amide bonds. The summed E-state index contributed by atoms with van der Waals surface area (Å²) in [5.41, 5.74) is 1.16. The van der Waals surface area contributed by atoms with Crippen LogP contribution in [0.3, 0.4) is 0 Å². The largest absolute Gasteiger partial charge is 0.463 e. The number of carbonyl (C=O) groups is 2. The first kappa shape index (κ1) is 19.1. The molecule has 2 aromatic carbocycles. The normalized spacial score (nSPS) is 12.4. The van der Waals surface area contributed by atoms with Crippen molar-refractivity contribution in [2.24, 2.45) is 0 Å². The second kappa shape index (κ2) is 7.77. The molecule has 132 valence electrons. The van der Waals surface area contributed by atoms with E-state index < -0.39 is 27.8 Å². The van der Waals surface area contributed by atoms with Crippen molar-refractivity contribution in [3.05, 3.63) is 64.7 Å². The molecule has 1 unspecified atom stereocenters. The summed E-state index contributed by atoms with van der Waals surface area (Å²) < 4.78 is 31.8. The van der Waals surface area contributed by atoms with Gasteiger partial charge < -0.3 is 4.74 Å². The van der Waals surface area contributed by atoms with Gasteiger partial charge in [-0.2, -0.15) is 4.72 Å². The second-order valence-corrected chi connectivity index (χ2v) is 7.43. The van der Waals surface area contributed by atoms with Gasteiger partial charge in [-0.1, -0.05) is 41.4 Å². The number of Topliss-reactive ketones (excluding diaryl/α,β-unsaturated/α-hetero) is 1. The molecule has 2 rings (SSSR count). The average Bonchev–Trinajstić information content (AvgIpc) is 2.59. The van der Waals surface area contributed by atoms with Crippen LogP contribution in [0.1, 0.15) is 17.2 Å². The number of aryl methyl sites for hydroxylation is 1. The lowest BCUT2D eigenvalue weighted by Crippen LogP contribution is -2.37. The van der Waals surface area contributed by atoms with E-state index in [1.807, 2.05) is 6.92 Å². The summed E-state index contributed by atoms with van der Waals surface area (Å²) in [7, 11) is -2.98. The van der Waals surface area contributed by atoms with E-state index >= 15 is 0 Å². The summed E-state index contributed by atoms with van der Waals surface area (Å²) in [4.78, 5) is 23.9. The van der Waals surface area contributed by atoms with Gasteiger partial charge in [0.25, 0.3) is 5.78 Å². The Morgan fingerprint density at radius 3 is 2.12 bits per heavy atom. The molecule has 0 radical (unpaired) electrons. The fraction of sp³-hybridized carbons (Fsp3) is 0.176. The van der Waals surface area contributed by atoms with E-state index in [0.29, 0.717) is 5.02 Å². The Labute approximate surface area is 150 Å². The first-order valence-electron chi connectivity index (χ1n) is 7.21. The van der Waals surface area contributed by atoms with Gasteiger partial charge in [-0.05, 0) is 36.8 Å². The third-order valence-electron chi connectivity index (χ3n) is 3.46. The molecule has 25 heavy (non-hydrogen) atoms. The minimum absolute atomic E-state index is 0.0188. The van der Waals surface area contributed by atoms with Crippen LogP contribution in [0.4, 0.5) is 0 Å². The van der Waals surface area contributed by atoms with Crippen molar-refractivity contribution in [1.29, 1.82) is 0 Å². The molecule has 0 fully saturated rings. The lowest BCUT2D eigenvalue weighted by molar-refractivity contribution is -0.152. The van der Waals surface area contributed by atoms with Crippen molar-refractivity contribution in [1.82, 2.24) is 4.72 Å². The molecule has 2 aromatic rings. The zero-order valence-corrected chi connectivity index (χ0v) is 15.1. The number of nitrogens with one attached hydrogen (secondary N) is 1. The van der Waals surface area contributed by atoms with Crippen LogP contribution >= 0.6 is 11.6 Å². The molecule has 0 spiro atoms. The maximum absolute atomic E-state index is 12.6. The molecule has 0 aliphatic rings. The predicted octanol–water partition coefficient (Wildman–Crippen LogP) is 2.41. The number of carbonyl (C=O) groups excluding carboxylic acids is 2. The first-order valence-corrected chi connectivity index (χ1v) is 9.07. The fourth-order valence-electron chi connectivity index (χ4n) is 2.09. The average molecular weight is 382 g/mol. The second-order valence-electron chi connectivity index (χ2n) is 5.27. The number of rotatable bonds is 6. The highest BCUT2D eigenvalue weighted by molar-refractivity contribution is 7.89. The maximum atomic E-state index is 12.6. The number of benzene rings is 2. The van der Waals surface area contributed by atoms with Crippen LogP contribution in [0.5, 0.6) is 0 Å². The number of hydrogen-bond donors (Lipinski definition) is 1. The lowest BCUT2D eigenvalue weighted by Gasteiger charge is -2.17. The molecule has 8 heteroatoms. The van der Waals surface area contributed by atoms with Gasteiger partial charge in [0.2, 0.25) is 10.0 Å². The molecule has 6 nitrogen and oxygen atoms in total. The highest BCUT2D eigenvalue weighted by Gasteiger charge is 2.32. The number of ketones is 1. The molecular weight excluding hydrogens is 366 g/mol. The number of methoxy groups -OCH3 is 1. The van der Waals surface area contributed by atoms with Gasteiger partial charge in [0, 0.05) is 5.02 Å². The van der Waals surface area contributed by atoms with E-state index in [4.69, 9.17) is 11.6 Å². The summed E-state index contributed by atoms with van der Waals surface area (Å²) in [5, 5.41) is 0.411. The fourth-order valence-corrected chi connectivity index (χ4v) is 3.40. The van der Waals surface area contributed by atoms with E-state index in [1.165, 1.54) is 36.4 Å². The Bertz CT molecular complexity index is 876. The number of sulfonamides is 1. The third-order valence-corrected chi connectivity index (χ3v) is 5.15. The molecule has 0 heterocycles. The summed E-state index contributed by atoms with van der Waals surface area (Å²) in [6.45, 7) is 1.82. The van der Waals surface area contributed by atoms with Crippen LogP contribution < -0.4 is 4.72 Å². The molecule has 0 saturated heterocycles. The van der Waals surface area contributed by atoms with Gasteiger partial charge in [-0.25, -0.2) is 13.2 Å². The van der Waals surface area contributed by atoms with Gasteiger partial charge in [-0.15, -0.1) is 0 Å². The zero-order valence-electron chi connectivity index (χ0n) is 13.5. The van der Waals surface area contributed by atoms with Crippen LogP contribution in [-0.4, -0.2) is 27.3 Å². The van der Waals surface area contributed by atoms with Crippen molar-refractivity contribution in [2.45, 2.75) is 17.9 Å². The summed E-state index contributed by atoms with van der Waals surface area (Å²) >= 11 is 5.81. The Morgan fingerprint density at radius 2 is 1.60 bits per heavy atom. The SMILES string of the molecule is COC(=O)C(=O)C(NS(=O)(=O)c1ccc(C)cc1)c1ccc(Cl)cc1. The van der Waals surface area contributed by atoms with Crippen molar-refractivity contribution in [3.8, 4) is 0 Å². The van der Waals surface area contributed by atoms with Crippen molar-refractivity contribution >= 4 is 33.4 Å². The molecule has 1 N–H and O–H groups in total. The van der Waals surface area contributed by atoms with E-state index in [2.05, 4.69) is 9.46 Å². The summed E-state index contributed by atoms with van der Waals surface area (Å²) in [6.07, 6.45) is 0. The number of esters is 1. The molecule has 0 aliphatic carbocycles. The van der Waals surface area contributed by atoms with Crippen LogP contribution in [0, 0.1) is 6.92 Å². The first-order chi connectivity index (χ1) is 11.7. The molecule has 1 atom stereocenters. The van der Waals surface area contributed by atoms with Crippen LogP contribution in [-0.2, 0) is 24.3 Å². The smallest absolute Gasteiger partial charge is 0.376 e. The standard InChI is InChI=1S/C17H16ClNO5S/c1-11-3-9-14(10-4-11)25(22,23)19-15(16(20)17(21)24-2)12-5-7-13(18)8-6-12/h3-10,15,19H,1-2H3. The highest BCUT2D eigenvalue weighted by Crippen LogP contribution is 2.21. The monoisotopic (exact) mass is 381 g/mol. The third kappa shape index (κ3) is 4.66. The van der Waals surface area contributed by atoms with E-state index in [-0.39, 0.29) is 10.5 Å². The number of ether oxygens (including phenoxy) is 1. The van der Waals surface area contributed by atoms with Gasteiger partial charge in [0.05, 0.1) is 12.0 Å². The van der Waals surface area contributed by atoms with Crippen molar-refractivity contribution < 1.29 is 22.7 Å². The Hall–Kier alpha value is -2.22. The van der Waals surface area contributed by atoms with E-state index in [0.717, 1.165) is 12.7 Å². The molecular formula is C17H16ClNO5S. The summed E-state index contributed by atoms with van der Waals surface area (Å²) in [6, 6.07) is 10.6. The van der Waals surface area contributed by atoms with Crippen LogP contribution in [0.2, 0.25) is 5.02 Å². The Kier molecular flexibility index (Phi) is 5.94. The van der Waals surface area contributed by atoms with Gasteiger partial charge in [0.15, 0.2) is 0 Å². The highest BCUT2D eigenvalue weighted by atomic mass is 35.5.